The van der Waals surface area contributed by atoms with Crippen molar-refractivity contribution >= 4 is 11.5 Å². The van der Waals surface area contributed by atoms with Gasteiger partial charge in [-0.1, -0.05) is 30.3 Å². The maximum absolute atomic E-state index is 4.36. The highest BCUT2D eigenvalue weighted by Gasteiger charge is 2.22. The lowest BCUT2D eigenvalue weighted by atomic mass is 10.1. The summed E-state index contributed by atoms with van der Waals surface area (Å²) in [6.07, 6.45) is 4.08. The highest BCUT2D eigenvalue weighted by molar-refractivity contribution is 5.58. The van der Waals surface area contributed by atoms with Crippen molar-refractivity contribution in [3.05, 3.63) is 66.0 Å². The Kier molecular flexibility index (Phi) is 3.62. The van der Waals surface area contributed by atoms with Gasteiger partial charge in [0, 0.05) is 32.1 Å². The Morgan fingerprint density at radius 3 is 2.62 bits per heavy atom. The first-order valence-electron chi connectivity index (χ1n) is 7.08. The van der Waals surface area contributed by atoms with Gasteiger partial charge in [0.15, 0.2) is 0 Å². The van der Waals surface area contributed by atoms with Gasteiger partial charge in [0.1, 0.15) is 5.82 Å². The molecule has 108 valence electrons. The molecule has 1 aromatic heterocycles. The average molecular weight is 280 g/mol. The molecule has 0 saturated heterocycles. The largest absolute Gasteiger partial charge is 0.363 e. The molecule has 0 radical (unpaired) electrons. The van der Waals surface area contributed by atoms with Gasteiger partial charge in [0.2, 0.25) is 0 Å². The molecule has 0 fully saturated rings. The first-order valence-corrected chi connectivity index (χ1v) is 7.08. The summed E-state index contributed by atoms with van der Waals surface area (Å²) in [5.74, 6) is 0.949. The third kappa shape index (κ3) is 2.76. The Balaban J connectivity index is 1.85. The number of rotatable bonds is 3. The van der Waals surface area contributed by atoms with E-state index in [1.807, 2.05) is 37.3 Å². The third-order valence-electron chi connectivity index (χ3n) is 3.63. The number of pyridine rings is 1. The molecule has 1 aromatic carbocycles. The normalized spacial score (nSPS) is 17.8. The van der Waals surface area contributed by atoms with Crippen molar-refractivity contribution in [2.24, 2.45) is 0 Å². The van der Waals surface area contributed by atoms with Crippen molar-refractivity contribution in [2.75, 3.05) is 24.0 Å². The second-order valence-electron chi connectivity index (χ2n) is 5.43. The number of hydrogen-bond acceptors (Lipinski definition) is 4. The van der Waals surface area contributed by atoms with Crippen molar-refractivity contribution < 1.29 is 0 Å². The maximum Gasteiger partial charge on any atom is 0.130 e. The first-order chi connectivity index (χ1) is 10.1. The lowest BCUT2D eigenvalue weighted by Gasteiger charge is -2.24. The zero-order valence-corrected chi connectivity index (χ0v) is 12.6. The molecular formula is C17H20N4. The molecule has 0 amide bonds. The van der Waals surface area contributed by atoms with Gasteiger partial charge < -0.3 is 4.90 Å². The van der Waals surface area contributed by atoms with E-state index in [0.29, 0.717) is 0 Å². The summed E-state index contributed by atoms with van der Waals surface area (Å²) in [6, 6.07) is 14.8. The summed E-state index contributed by atoms with van der Waals surface area (Å²) in [5.41, 5.74) is 7.09. The van der Waals surface area contributed by atoms with Gasteiger partial charge >= 0.3 is 0 Å². The molecule has 0 bridgehead atoms. The Morgan fingerprint density at radius 2 is 1.90 bits per heavy atom. The van der Waals surface area contributed by atoms with Crippen LogP contribution in [0.25, 0.3) is 0 Å². The quantitative estimate of drug-likeness (QED) is 0.936. The highest BCUT2D eigenvalue weighted by Crippen LogP contribution is 2.29. The summed E-state index contributed by atoms with van der Waals surface area (Å²) in [7, 11) is 4.00. The van der Waals surface area contributed by atoms with Crippen LogP contribution >= 0.6 is 0 Å². The summed E-state index contributed by atoms with van der Waals surface area (Å²) in [6.45, 7) is 2.12. The Bertz CT molecular complexity index is 649. The van der Waals surface area contributed by atoms with Crippen LogP contribution in [0.2, 0.25) is 0 Å². The van der Waals surface area contributed by atoms with Crippen LogP contribution in [0.1, 0.15) is 18.5 Å². The van der Waals surface area contributed by atoms with E-state index in [4.69, 9.17) is 0 Å². The van der Waals surface area contributed by atoms with E-state index in [1.54, 1.807) is 0 Å². The van der Waals surface area contributed by atoms with Crippen molar-refractivity contribution in [2.45, 2.75) is 13.0 Å². The first kappa shape index (κ1) is 13.6. The third-order valence-corrected chi connectivity index (χ3v) is 3.63. The smallest absolute Gasteiger partial charge is 0.130 e. The predicted octanol–water partition coefficient (Wildman–Crippen LogP) is 3.12. The monoisotopic (exact) mass is 280 g/mol. The van der Waals surface area contributed by atoms with E-state index < -0.39 is 0 Å². The Morgan fingerprint density at radius 1 is 1.14 bits per heavy atom. The van der Waals surface area contributed by atoms with Crippen molar-refractivity contribution in [1.82, 2.24) is 10.4 Å². The second kappa shape index (κ2) is 5.58. The summed E-state index contributed by atoms with van der Waals surface area (Å²) >= 11 is 0. The standard InChI is InChI=1S/C17H20N4/c1-13-11-16(14-7-5-4-6-8-14)19-21(13)15-9-10-18-17(12-15)20(2)3/h4-12,16,19H,1-3H3. The van der Waals surface area contributed by atoms with E-state index >= 15 is 0 Å². The molecule has 2 heterocycles. The summed E-state index contributed by atoms with van der Waals surface area (Å²) in [5, 5.41) is 2.12. The van der Waals surface area contributed by atoms with Gasteiger partial charge in [-0.3, -0.25) is 5.01 Å². The van der Waals surface area contributed by atoms with Crippen molar-refractivity contribution in [1.29, 1.82) is 0 Å². The fourth-order valence-corrected chi connectivity index (χ4v) is 2.49. The lowest BCUT2D eigenvalue weighted by Crippen LogP contribution is -2.33. The SMILES string of the molecule is CC1=CC(c2ccccc2)NN1c1ccnc(N(C)C)c1. The van der Waals surface area contributed by atoms with Crippen LogP contribution in [-0.4, -0.2) is 19.1 Å². The Hall–Kier alpha value is -2.33. The zero-order chi connectivity index (χ0) is 14.8. The van der Waals surface area contributed by atoms with Crippen LogP contribution in [0.4, 0.5) is 11.5 Å². The van der Waals surface area contributed by atoms with Crippen LogP contribution in [-0.2, 0) is 0 Å². The molecule has 3 rings (SSSR count). The highest BCUT2D eigenvalue weighted by atomic mass is 15.5. The van der Waals surface area contributed by atoms with Crippen molar-refractivity contribution in [3.8, 4) is 0 Å². The maximum atomic E-state index is 4.36. The molecule has 4 nitrogen and oxygen atoms in total. The van der Waals surface area contributed by atoms with Gasteiger partial charge in [-0.25, -0.2) is 10.4 Å². The minimum Gasteiger partial charge on any atom is -0.363 e. The van der Waals surface area contributed by atoms with Gasteiger partial charge in [-0.2, -0.15) is 0 Å². The van der Waals surface area contributed by atoms with Crippen LogP contribution in [0.5, 0.6) is 0 Å². The lowest BCUT2D eigenvalue weighted by molar-refractivity contribution is 0.663. The average Bonchev–Trinajstić information content (AvgIpc) is 2.90. The molecular weight excluding hydrogens is 260 g/mol. The molecule has 0 spiro atoms. The number of allylic oxidation sites excluding steroid dienone is 1. The van der Waals surface area contributed by atoms with Gasteiger partial charge in [-0.05, 0) is 24.6 Å². The molecule has 4 heteroatoms. The number of aromatic nitrogens is 1. The number of nitrogens with zero attached hydrogens (tertiary/aromatic N) is 3. The van der Waals surface area contributed by atoms with Crippen LogP contribution < -0.4 is 15.3 Å². The van der Waals surface area contributed by atoms with E-state index in [1.165, 1.54) is 11.3 Å². The van der Waals surface area contributed by atoms with Gasteiger partial charge in [0.05, 0.1) is 11.7 Å². The van der Waals surface area contributed by atoms with Crippen LogP contribution in [0.3, 0.4) is 0 Å². The number of nitrogens with one attached hydrogen (secondary N) is 1. The fourth-order valence-electron chi connectivity index (χ4n) is 2.49. The zero-order valence-electron chi connectivity index (χ0n) is 12.6. The summed E-state index contributed by atoms with van der Waals surface area (Å²) < 4.78 is 0. The van der Waals surface area contributed by atoms with Gasteiger partial charge in [-0.15, -0.1) is 0 Å². The van der Waals surface area contributed by atoms with E-state index in [9.17, 15) is 0 Å². The predicted molar refractivity (Wildman–Crippen MR) is 87.1 cm³/mol. The minimum atomic E-state index is 0.210. The molecule has 0 saturated carbocycles. The molecule has 21 heavy (non-hydrogen) atoms. The molecule has 2 aromatic rings. The number of anilines is 2. The van der Waals surface area contributed by atoms with Crippen LogP contribution in [0, 0.1) is 0 Å². The number of benzene rings is 1. The molecule has 1 N–H and O–H groups in total. The van der Waals surface area contributed by atoms with Crippen molar-refractivity contribution in [3.63, 3.8) is 0 Å². The Labute approximate surface area is 125 Å². The molecule has 1 aliphatic heterocycles. The van der Waals surface area contributed by atoms with E-state index in [2.05, 4.69) is 58.8 Å². The summed E-state index contributed by atoms with van der Waals surface area (Å²) in [4.78, 5) is 6.37. The fraction of sp³-hybridized carbons (Fsp3) is 0.235. The van der Waals surface area contributed by atoms with E-state index in [0.717, 1.165) is 11.5 Å². The number of hydrogen-bond donors (Lipinski definition) is 1. The topological polar surface area (TPSA) is 31.4 Å². The van der Waals surface area contributed by atoms with Gasteiger partial charge in [0.25, 0.3) is 0 Å². The molecule has 1 atom stereocenters. The van der Waals surface area contributed by atoms with Crippen LogP contribution in [0.15, 0.2) is 60.4 Å². The minimum absolute atomic E-state index is 0.210. The van der Waals surface area contributed by atoms with E-state index in [-0.39, 0.29) is 6.04 Å². The molecule has 1 unspecified atom stereocenters. The molecule has 0 aliphatic carbocycles. The molecule has 1 aliphatic rings. The number of hydrazine groups is 1. The second-order valence-corrected chi connectivity index (χ2v) is 5.43.